The van der Waals surface area contributed by atoms with E-state index in [1.165, 1.54) is 11.3 Å². The molecule has 1 amide bonds. The van der Waals surface area contributed by atoms with Crippen molar-refractivity contribution in [3.8, 4) is 0 Å². The van der Waals surface area contributed by atoms with Gasteiger partial charge in [-0.2, -0.15) is 0 Å². The molecule has 27 heavy (non-hydrogen) atoms. The van der Waals surface area contributed by atoms with Gasteiger partial charge in [-0.3, -0.25) is 9.69 Å². The molecule has 4 rings (SSSR count). The predicted molar refractivity (Wildman–Crippen MR) is 106 cm³/mol. The molecule has 2 aliphatic rings. The van der Waals surface area contributed by atoms with E-state index in [2.05, 4.69) is 49.7 Å². The van der Waals surface area contributed by atoms with Gasteiger partial charge >= 0.3 is 0 Å². The van der Waals surface area contributed by atoms with Crippen molar-refractivity contribution in [1.29, 1.82) is 0 Å². The lowest BCUT2D eigenvalue weighted by molar-refractivity contribution is -0.123. The van der Waals surface area contributed by atoms with E-state index in [0.29, 0.717) is 13.1 Å². The average Bonchev–Trinajstić information content (AvgIpc) is 3.29. The Morgan fingerprint density at radius 1 is 1.33 bits per heavy atom. The van der Waals surface area contributed by atoms with Gasteiger partial charge in [0.25, 0.3) is 0 Å². The Labute approximate surface area is 160 Å². The van der Waals surface area contributed by atoms with Gasteiger partial charge in [-0.1, -0.05) is 18.2 Å². The van der Waals surface area contributed by atoms with E-state index in [0.717, 1.165) is 45.0 Å². The van der Waals surface area contributed by atoms with Crippen LogP contribution in [-0.2, 0) is 18.3 Å². The van der Waals surface area contributed by atoms with Crippen LogP contribution in [0.3, 0.4) is 0 Å². The number of rotatable bonds is 6. The number of hydrogen-bond acceptors (Lipinski definition) is 5. The van der Waals surface area contributed by atoms with Crippen LogP contribution >= 0.6 is 0 Å². The normalized spacial score (nSPS) is 19.9. The third kappa shape index (κ3) is 3.99. The molecular weight excluding hydrogens is 340 g/mol. The average molecular weight is 368 g/mol. The smallest absolute Gasteiger partial charge is 0.234 e. The summed E-state index contributed by atoms with van der Waals surface area (Å²) in [7, 11) is 2.00. The highest BCUT2D eigenvalue weighted by atomic mass is 16.2. The number of nitrogens with one attached hydrogen (secondary N) is 2. The summed E-state index contributed by atoms with van der Waals surface area (Å²) in [4.78, 5) is 21.6. The fourth-order valence-corrected chi connectivity index (χ4v) is 4.10. The predicted octanol–water partition coefficient (Wildman–Crippen LogP) is 0.545. The highest BCUT2D eigenvalue weighted by Gasteiger charge is 2.28. The third-order valence-corrected chi connectivity index (χ3v) is 5.54. The Bertz CT molecular complexity index is 788. The van der Waals surface area contributed by atoms with Gasteiger partial charge in [0, 0.05) is 64.4 Å². The number of nitrogens with zero attached hydrogens (tertiary/aromatic N) is 4. The zero-order valence-electron chi connectivity index (χ0n) is 15.9. The van der Waals surface area contributed by atoms with Crippen molar-refractivity contribution >= 4 is 11.6 Å². The number of aryl methyl sites for hydroxylation is 1. The van der Waals surface area contributed by atoms with Crippen molar-refractivity contribution in [2.24, 2.45) is 7.05 Å². The Hall–Kier alpha value is -2.38. The molecular formula is C20H28N6O. The number of para-hydroxylation sites is 1. The van der Waals surface area contributed by atoms with Gasteiger partial charge in [0.2, 0.25) is 5.91 Å². The summed E-state index contributed by atoms with van der Waals surface area (Å²) in [6, 6.07) is 8.67. The summed E-state index contributed by atoms with van der Waals surface area (Å²) in [5, 5.41) is 6.51. The van der Waals surface area contributed by atoms with Gasteiger partial charge in [0.1, 0.15) is 5.82 Å². The Morgan fingerprint density at radius 2 is 2.22 bits per heavy atom. The van der Waals surface area contributed by atoms with Crippen LogP contribution in [0.25, 0.3) is 0 Å². The topological polar surface area (TPSA) is 65.4 Å². The van der Waals surface area contributed by atoms with Crippen molar-refractivity contribution in [2.75, 3.05) is 50.7 Å². The molecule has 144 valence electrons. The first kappa shape index (κ1) is 18.0. The van der Waals surface area contributed by atoms with Gasteiger partial charge in [0.05, 0.1) is 12.6 Å². The van der Waals surface area contributed by atoms with Crippen LogP contribution < -0.4 is 15.5 Å². The fraction of sp³-hybridized carbons (Fsp3) is 0.500. The van der Waals surface area contributed by atoms with Crippen molar-refractivity contribution < 1.29 is 4.79 Å². The largest absolute Gasteiger partial charge is 0.369 e. The van der Waals surface area contributed by atoms with Gasteiger partial charge < -0.3 is 20.1 Å². The number of imidazole rings is 1. The SMILES string of the molecule is Cn1ccnc1C1CNCCN1CC(=O)NCCN1CCc2ccccc21. The zero-order valence-corrected chi connectivity index (χ0v) is 15.9. The highest BCUT2D eigenvalue weighted by molar-refractivity contribution is 5.78. The molecule has 1 aromatic carbocycles. The minimum Gasteiger partial charge on any atom is -0.369 e. The number of carbonyl (C=O) groups excluding carboxylic acids is 1. The molecule has 1 saturated heterocycles. The van der Waals surface area contributed by atoms with E-state index in [4.69, 9.17) is 0 Å². The number of benzene rings is 1. The van der Waals surface area contributed by atoms with Crippen molar-refractivity contribution in [1.82, 2.24) is 25.1 Å². The summed E-state index contributed by atoms with van der Waals surface area (Å²) < 4.78 is 2.04. The van der Waals surface area contributed by atoms with Crippen LogP contribution in [-0.4, -0.2) is 66.2 Å². The minimum atomic E-state index is 0.0867. The first-order chi connectivity index (χ1) is 13.2. The maximum atomic E-state index is 12.5. The maximum Gasteiger partial charge on any atom is 0.234 e. The number of piperazine rings is 1. The van der Waals surface area contributed by atoms with Crippen LogP contribution in [0.4, 0.5) is 5.69 Å². The van der Waals surface area contributed by atoms with E-state index < -0.39 is 0 Å². The van der Waals surface area contributed by atoms with Gasteiger partial charge in [-0.05, 0) is 18.1 Å². The number of amides is 1. The van der Waals surface area contributed by atoms with Crippen LogP contribution in [0, 0.1) is 0 Å². The standard InChI is InChI=1S/C20H28N6O/c1-24-11-8-23-20(24)18-14-21-7-12-26(18)15-19(27)22-9-13-25-10-6-16-4-2-3-5-17(16)25/h2-5,8,11,18,21H,6-7,9-10,12-15H2,1H3,(H,22,27). The van der Waals surface area contributed by atoms with E-state index >= 15 is 0 Å². The summed E-state index contributed by atoms with van der Waals surface area (Å²) in [6.07, 6.45) is 4.86. The number of fused-ring (bicyclic) bond motifs is 1. The molecule has 7 heteroatoms. The van der Waals surface area contributed by atoms with E-state index in [1.807, 2.05) is 24.0 Å². The van der Waals surface area contributed by atoms with Gasteiger partial charge in [-0.15, -0.1) is 0 Å². The molecule has 2 N–H and O–H groups in total. The van der Waals surface area contributed by atoms with E-state index in [9.17, 15) is 4.79 Å². The highest BCUT2D eigenvalue weighted by Crippen LogP contribution is 2.26. The minimum absolute atomic E-state index is 0.0867. The van der Waals surface area contributed by atoms with Crippen LogP contribution in [0.2, 0.25) is 0 Å². The van der Waals surface area contributed by atoms with Gasteiger partial charge in [0.15, 0.2) is 0 Å². The lowest BCUT2D eigenvalue weighted by Gasteiger charge is -2.35. The van der Waals surface area contributed by atoms with Crippen molar-refractivity contribution in [3.05, 3.63) is 48.0 Å². The molecule has 3 heterocycles. The fourth-order valence-electron chi connectivity index (χ4n) is 4.10. The Morgan fingerprint density at radius 3 is 3.07 bits per heavy atom. The summed E-state index contributed by atoms with van der Waals surface area (Å²) >= 11 is 0. The quantitative estimate of drug-likeness (QED) is 0.779. The Balaban J connectivity index is 1.28. The molecule has 0 aliphatic carbocycles. The Kier molecular flexibility index (Phi) is 5.40. The number of anilines is 1. The second-order valence-corrected chi connectivity index (χ2v) is 7.30. The molecule has 1 atom stereocenters. The van der Waals surface area contributed by atoms with Gasteiger partial charge in [-0.25, -0.2) is 4.98 Å². The molecule has 7 nitrogen and oxygen atoms in total. The third-order valence-electron chi connectivity index (χ3n) is 5.54. The second-order valence-electron chi connectivity index (χ2n) is 7.30. The number of hydrogen-bond donors (Lipinski definition) is 2. The lowest BCUT2D eigenvalue weighted by atomic mass is 10.1. The molecule has 1 unspecified atom stereocenters. The zero-order chi connectivity index (χ0) is 18.6. The van der Waals surface area contributed by atoms with Crippen LogP contribution in [0.5, 0.6) is 0 Å². The monoisotopic (exact) mass is 368 g/mol. The second kappa shape index (κ2) is 8.10. The molecule has 0 radical (unpaired) electrons. The first-order valence-electron chi connectivity index (χ1n) is 9.74. The molecule has 1 fully saturated rings. The molecule has 1 aromatic heterocycles. The van der Waals surface area contributed by atoms with E-state index in [1.54, 1.807) is 0 Å². The molecule has 0 bridgehead atoms. The van der Waals surface area contributed by atoms with Crippen LogP contribution in [0.1, 0.15) is 17.4 Å². The molecule has 2 aliphatic heterocycles. The molecule has 0 saturated carbocycles. The first-order valence-corrected chi connectivity index (χ1v) is 9.74. The van der Waals surface area contributed by atoms with Crippen molar-refractivity contribution in [3.63, 3.8) is 0 Å². The number of carbonyl (C=O) groups is 1. The molecule has 2 aromatic rings. The maximum absolute atomic E-state index is 12.5. The van der Waals surface area contributed by atoms with Crippen molar-refractivity contribution in [2.45, 2.75) is 12.5 Å². The molecule has 0 spiro atoms. The summed E-state index contributed by atoms with van der Waals surface area (Å²) in [6.45, 7) is 5.55. The van der Waals surface area contributed by atoms with Crippen LogP contribution in [0.15, 0.2) is 36.7 Å². The van der Waals surface area contributed by atoms with E-state index in [-0.39, 0.29) is 11.9 Å². The summed E-state index contributed by atoms with van der Waals surface area (Å²) in [5.41, 5.74) is 2.71. The number of aromatic nitrogens is 2. The lowest BCUT2D eigenvalue weighted by Crippen LogP contribution is -2.50. The summed E-state index contributed by atoms with van der Waals surface area (Å²) in [5.74, 6) is 1.09.